The molecule has 0 unspecified atom stereocenters. The molecule has 0 saturated carbocycles. The Morgan fingerprint density at radius 1 is 1.30 bits per heavy atom. The summed E-state index contributed by atoms with van der Waals surface area (Å²) in [6.45, 7) is -0.00715. The zero-order valence-electron chi connectivity index (χ0n) is 13.0. The van der Waals surface area contributed by atoms with Crippen molar-refractivity contribution in [3.05, 3.63) is 24.5 Å². The smallest absolute Gasteiger partial charge is 0.243 e. The second kappa shape index (κ2) is 7.49. The van der Waals surface area contributed by atoms with Crippen molar-refractivity contribution in [3.8, 4) is 12.3 Å². The van der Waals surface area contributed by atoms with Gasteiger partial charge < -0.3 is 10.2 Å². The fraction of sp³-hybridized carbons (Fsp3) is 0.438. The standard InChI is InChI=1S/C16H19N5O2/c1-3-4-8-16(19-20-16)9-5-15(23)21(2)12-14(22)18-13-6-10-17-11-7-13/h1,6-7,10-11H,4-5,8-9,12H2,2H3,(H,17,18,22). The van der Waals surface area contributed by atoms with E-state index in [1.165, 1.54) is 4.90 Å². The number of hydrogen-bond acceptors (Lipinski definition) is 5. The van der Waals surface area contributed by atoms with Crippen LogP contribution >= 0.6 is 0 Å². The van der Waals surface area contributed by atoms with Gasteiger partial charge in [-0.05, 0) is 12.1 Å². The fourth-order valence-electron chi connectivity index (χ4n) is 2.11. The van der Waals surface area contributed by atoms with Crippen LogP contribution in [0.25, 0.3) is 0 Å². The van der Waals surface area contributed by atoms with Crippen molar-refractivity contribution in [1.82, 2.24) is 9.88 Å². The van der Waals surface area contributed by atoms with Gasteiger partial charge in [0.1, 0.15) is 0 Å². The lowest BCUT2D eigenvalue weighted by atomic mass is 10.0. The highest BCUT2D eigenvalue weighted by molar-refractivity contribution is 5.94. The second-order valence-electron chi connectivity index (χ2n) is 5.42. The number of terminal acetylenes is 1. The molecular formula is C16H19N5O2. The van der Waals surface area contributed by atoms with Crippen LogP contribution in [0, 0.1) is 12.3 Å². The predicted octanol–water partition coefficient (Wildman–Crippen LogP) is 1.83. The normalized spacial score (nSPS) is 13.9. The highest BCUT2D eigenvalue weighted by Gasteiger charge is 2.39. The molecule has 1 aliphatic heterocycles. The molecule has 1 N–H and O–H groups in total. The molecular weight excluding hydrogens is 294 g/mol. The Kier molecular flexibility index (Phi) is 5.41. The van der Waals surface area contributed by atoms with Crippen molar-refractivity contribution in [2.24, 2.45) is 10.2 Å². The van der Waals surface area contributed by atoms with E-state index < -0.39 is 5.66 Å². The molecule has 0 aliphatic carbocycles. The lowest BCUT2D eigenvalue weighted by molar-refractivity contribution is -0.133. The summed E-state index contributed by atoms with van der Waals surface area (Å²) in [5.41, 5.74) is 0.178. The van der Waals surface area contributed by atoms with Gasteiger partial charge in [0, 0.05) is 50.8 Å². The lowest BCUT2D eigenvalue weighted by Crippen LogP contribution is -2.35. The molecule has 0 radical (unpaired) electrons. The quantitative estimate of drug-likeness (QED) is 0.743. The Labute approximate surface area is 135 Å². The molecule has 0 atom stereocenters. The van der Waals surface area contributed by atoms with E-state index in [0.717, 1.165) is 0 Å². The number of hydrogen-bond donors (Lipinski definition) is 1. The number of anilines is 1. The van der Waals surface area contributed by atoms with Crippen LogP contribution in [-0.2, 0) is 9.59 Å². The maximum absolute atomic E-state index is 12.1. The Balaban J connectivity index is 1.72. The topological polar surface area (TPSA) is 87.0 Å². The molecule has 0 saturated heterocycles. The Bertz CT molecular complexity index is 630. The molecule has 120 valence electrons. The summed E-state index contributed by atoms with van der Waals surface area (Å²) in [5.74, 6) is 2.18. The zero-order valence-corrected chi connectivity index (χ0v) is 13.0. The first kappa shape index (κ1) is 16.6. The largest absolute Gasteiger partial charge is 0.336 e. The number of aromatic nitrogens is 1. The minimum Gasteiger partial charge on any atom is -0.336 e. The first-order chi connectivity index (χ1) is 11.0. The van der Waals surface area contributed by atoms with E-state index in [1.807, 2.05) is 0 Å². The molecule has 2 heterocycles. The summed E-state index contributed by atoms with van der Waals surface area (Å²) >= 11 is 0. The summed E-state index contributed by atoms with van der Waals surface area (Å²) in [6, 6.07) is 3.37. The third kappa shape index (κ3) is 5.18. The zero-order chi connectivity index (χ0) is 16.7. The molecule has 0 spiro atoms. The van der Waals surface area contributed by atoms with Gasteiger partial charge in [0.05, 0.1) is 6.54 Å². The number of pyridine rings is 1. The maximum atomic E-state index is 12.1. The summed E-state index contributed by atoms with van der Waals surface area (Å²) in [6.07, 6.45) is 10.5. The Morgan fingerprint density at radius 3 is 2.61 bits per heavy atom. The van der Waals surface area contributed by atoms with Crippen LogP contribution in [0.2, 0.25) is 0 Å². The van der Waals surface area contributed by atoms with Gasteiger partial charge in [-0.25, -0.2) is 0 Å². The van der Waals surface area contributed by atoms with Crippen LogP contribution in [0.15, 0.2) is 34.8 Å². The van der Waals surface area contributed by atoms with Crippen molar-refractivity contribution in [2.75, 3.05) is 18.9 Å². The Morgan fingerprint density at radius 2 is 2.00 bits per heavy atom. The molecule has 1 aliphatic rings. The fourth-order valence-corrected chi connectivity index (χ4v) is 2.11. The van der Waals surface area contributed by atoms with Gasteiger partial charge in [-0.1, -0.05) is 0 Å². The van der Waals surface area contributed by atoms with Gasteiger partial charge >= 0.3 is 0 Å². The minimum absolute atomic E-state index is 0.00715. The van der Waals surface area contributed by atoms with Gasteiger partial charge in [0.2, 0.25) is 11.8 Å². The van der Waals surface area contributed by atoms with Gasteiger partial charge in [-0.15, -0.1) is 12.3 Å². The van der Waals surface area contributed by atoms with Crippen molar-refractivity contribution < 1.29 is 9.59 Å². The van der Waals surface area contributed by atoms with Crippen LogP contribution in [0.5, 0.6) is 0 Å². The molecule has 1 aromatic rings. The summed E-state index contributed by atoms with van der Waals surface area (Å²) in [7, 11) is 1.60. The first-order valence-electron chi connectivity index (χ1n) is 7.36. The number of carbonyl (C=O) groups excluding carboxylic acids is 2. The molecule has 2 rings (SSSR count). The Hall–Kier alpha value is -2.75. The van der Waals surface area contributed by atoms with E-state index in [4.69, 9.17) is 6.42 Å². The highest BCUT2D eigenvalue weighted by Crippen LogP contribution is 2.37. The molecule has 7 heteroatoms. The number of carbonyl (C=O) groups is 2. The summed E-state index contributed by atoms with van der Waals surface area (Å²) in [4.78, 5) is 29.3. The molecule has 0 aromatic carbocycles. The third-order valence-electron chi connectivity index (χ3n) is 3.56. The van der Waals surface area contributed by atoms with E-state index in [-0.39, 0.29) is 24.8 Å². The predicted molar refractivity (Wildman–Crippen MR) is 85.4 cm³/mol. The van der Waals surface area contributed by atoms with Gasteiger partial charge in [-0.3, -0.25) is 14.6 Å². The summed E-state index contributed by atoms with van der Waals surface area (Å²) < 4.78 is 0. The lowest BCUT2D eigenvalue weighted by Gasteiger charge is -2.17. The minimum atomic E-state index is -0.470. The van der Waals surface area contributed by atoms with Gasteiger partial charge in [-0.2, -0.15) is 10.2 Å². The van der Waals surface area contributed by atoms with E-state index >= 15 is 0 Å². The van der Waals surface area contributed by atoms with E-state index in [1.54, 1.807) is 31.6 Å². The maximum Gasteiger partial charge on any atom is 0.243 e. The van der Waals surface area contributed by atoms with Gasteiger partial charge in [0.15, 0.2) is 5.66 Å². The highest BCUT2D eigenvalue weighted by atomic mass is 16.2. The van der Waals surface area contributed by atoms with E-state index in [0.29, 0.717) is 24.9 Å². The number of likely N-dealkylation sites (N-methyl/N-ethyl adjacent to an activating group) is 1. The van der Waals surface area contributed by atoms with E-state index in [9.17, 15) is 9.59 Å². The van der Waals surface area contributed by atoms with Crippen molar-refractivity contribution >= 4 is 17.5 Å². The van der Waals surface area contributed by atoms with Crippen LogP contribution < -0.4 is 5.32 Å². The second-order valence-corrected chi connectivity index (χ2v) is 5.42. The van der Waals surface area contributed by atoms with E-state index in [2.05, 4.69) is 26.4 Å². The van der Waals surface area contributed by atoms with Crippen LogP contribution in [0.4, 0.5) is 5.69 Å². The average Bonchev–Trinajstić information content (AvgIpc) is 3.32. The molecule has 2 amide bonds. The van der Waals surface area contributed by atoms with Crippen molar-refractivity contribution in [2.45, 2.75) is 31.3 Å². The SMILES string of the molecule is C#CCCC1(CCC(=O)N(C)CC(=O)Nc2ccncc2)N=N1. The van der Waals surface area contributed by atoms with Crippen molar-refractivity contribution in [1.29, 1.82) is 0 Å². The molecule has 1 aromatic heterocycles. The molecule has 23 heavy (non-hydrogen) atoms. The number of rotatable bonds is 8. The van der Waals surface area contributed by atoms with Crippen LogP contribution in [0.3, 0.4) is 0 Å². The first-order valence-corrected chi connectivity index (χ1v) is 7.36. The average molecular weight is 313 g/mol. The van der Waals surface area contributed by atoms with Crippen LogP contribution in [0.1, 0.15) is 25.7 Å². The van der Waals surface area contributed by atoms with Gasteiger partial charge in [0.25, 0.3) is 0 Å². The van der Waals surface area contributed by atoms with Crippen LogP contribution in [-0.4, -0.2) is 41.0 Å². The number of amides is 2. The summed E-state index contributed by atoms with van der Waals surface area (Å²) in [5, 5.41) is 10.7. The third-order valence-corrected chi connectivity index (χ3v) is 3.56. The monoisotopic (exact) mass is 313 g/mol. The molecule has 0 bridgehead atoms. The number of nitrogens with zero attached hydrogens (tertiary/aromatic N) is 4. The van der Waals surface area contributed by atoms with Crippen molar-refractivity contribution in [3.63, 3.8) is 0 Å². The molecule has 0 fully saturated rings. The molecule has 7 nitrogen and oxygen atoms in total. The number of nitrogens with one attached hydrogen (secondary N) is 1.